The lowest BCUT2D eigenvalue weighted by atomic mass is 9.93. The van der Waals surface area contributed by atoms with Crippen LogP contribution in [0.2, 0.25) is 0 Å². The lowest BCUT2D eigenvalue weighted by Gasteiger charge is -2.20. The number of nitrogens with two attached hydrogens (primary N) is 1. The molecule has 3 N–H and O–H groups in total. The van der Waals surface area contributed by atoms with E-state index in [0.717, 1.165) is 11.8 Å². The van der Waals surface area contributed by atoms with E-state index in [0.29, 0.717) is 6.04 Å². The first kappa shape index (κ1) is 13.9. The molecule has 86 valence electrons. The Kier molecular flexibility index (Phi) is 8.20. The van der Waals surface area contributed by atoms with Crippen molar-refractivity contribution in [2.75, 3.05) is 0 Å². The Morgan fingerprint density at radius 1 is 1.07 bits per heavy atom. The third kappa shape index (κ3) is 7.34. The third-order valence-electron chi connectivity index (χ3n) is 2.80. The molecule has 0 aromatic carbocycles. The van der Waals surface area contributed by atoms with Crippen LogP contribution in [0, 0.1) is 11.8 Å². The van der Waals surface area contributed by atoms with Gasteiger partial charge in [-0.3, -0.25) is 11.3 Å². The fraction of sp³-hybridized carbons (Fsp3) is 1.00. The highest BCUT2D eigenvalue weighted by Crippen LogP contribution is 2.16. The van der Waals surface area contributed by atoms with Crippen molar-refractivity contribution < 1.29 is 0 Å². The molecule has 0 heterocycles. The maximum absolute atomic E-state index is 5.55. The van der Waals surface area contributed by atoms with Gasteiger partial charge in [0.25, 0.3) is 0 Å². The minimum Gasteiger partial charge on any atom is -0.271 e. The Morgan fingerprint density at radius 3 is 2.14 bits per heavy atom. The van der Waals surface area contributed by atoms with Crippen LogP contribution in [0.4, 0.5) is 0 Å². The Hall–Kier alpha value is -0.0800. The molecule has 0 aliphatic rings. The Morgan fingerprint density at radius 2 is 1.71 bits per heavy atom. The maximum Gasteiger partial charge on any atom is 0.0213 e. The SMILES string of the molecule is CCCC(C)CC(CCC(C)C)NN. The maximum atomic E-state index is 5.55. The smallest absolute Gasteiger partial charge is 0.0213 e. The van der Waals surface area contributed by atoms with E-state index in [1.54, 1.807) is 0 Å². The molecular weight excluding hydrogens is 172 g/mol. The van der Waals surface area contributed by atoms with Crippen molar-refractivity contribution in [3.8, 4) is 0 Å². The summed E-state index contributed by atoms with van der Waals surface area (Å²) >= 11 is 0. The van der Waals surface area contributed by atoms with Gasteiger partial charge in [0.1, 0.15) is 0 Å². The summed E-state index contributed by atoms with van der Waals surface area (Å²) in [6, 6.07) is 0.513. The van der Waals surface area contributed by atoms with E-state index >= 15 is 0 Å². The number of nitrogens with one attached hydrogen (secondary N) is 1. The molecule has 0 aliphatic carbocycles. The monoisotopic (exact) mass is 200 g/mol. The van der Waals surface area contributed by atoms with Gasteiger partial charge in [0.2, 0.25) is 0 Å². The van der Waals surface area contributed by atoms with Gasteiger partial charge in [0.05, 0.1) is 0 Å². The van der Waals surface area contributed by atoms with Crippen LogP contribution in [0.15, 0.2) is 0 Å². The predicted octanol–water partition coefficient (Wildman–Crippen LogP) is 3.08. The molecule has 0 spiro atoms. The molecule has 0 saturated carbocycles. The summed E-state index contributed by atoms with van der Waals surface area (Å²) in [5.74, 6) is 7.14. The minimum atomic E-state index is 0.513. The molecule has 0 rings (SSSR count). The first-order valence-electron chi connectivity index (χ1n) is 6.06. The Balaban J connectivity index is 3.66. The zero-order chi connectivity index (χ0) is 11.0. The van der Waals surface area contributed by atoms with Gasteiger partial charge in [-0.05, 0) is 31.1 Å². The molecule has 2 atom stereocenters. The second-order valence-electron chi connectivity index (χ2n) is 4.96. The van der Waals surface area contributed by atoms with Gasteiger partial charge < -0.3 is 0 Å². The summed E-state index contributed by atoms with van der Waals surface area (Å²) in [4.78, 5) is 0. The van der Waals surface area contributed by atoms with Crippen LogP contribution in [-0.2, 0) is 0 Å². The van der Waals surface area contributed by atoms with Crippen molar-refractivity contribution in [1.29, 1.82) is 0 Å². The van der Waals surface area contributed by atoms with E-state index in [9.17, 15) is 0 Å². The average molecular weight is 200 g/mol. The summed E-state index contributed by atoms with van der Waals surface area (Å²) in [6.07, 6.45) is 6.30. The summed E-state index contributed by atoms with van der Waals surface area (Å²) in [7, 11) is 0. The molecule has 0 radical (unpaired) electrons. The van der Waals surface area contributed by atoms with E-state index in [1.807, 2.05) is 0 Å². The van der Waals surface area contributed by atoms with Crippen LogP contribution < -0.4 is 11.3 Å². The van der Waals surface area contributed by atoms with Crippen LogP contribution in [0.5, 0.6) is 0 Å². The van der Waals surface area contributed by atoms with Crippen LogP contribution in [0.3, 0.4) is 0 Å². The summed E-state index contributed by atoms with van der Waals surface area (Å²) in [5.41, 5.74) is 2.95. The van der Waals surface area contributed by atoms with Crippen molar-refractivity contribution in [2.24, 2.45) is 17.7 Å². The van der Waals surface area contributed by atoms with E-state index in [1.165, 1.54) is 32.1 Å². The Bertz CT molecular complexity index is 123. The first-order valence-corrected chi connectivity index (χ1v) is 6.06. The predicted molar refractivity (Wildman–Crippen MR) is 63.9 cm³/mol. The highest BCUT2D eigenvalue weighted by Gasteiger charge is 2.11. The summed E-state index contributed by atoms with van der Waals surface area (Å²) in [5, 5.41) is 0. The number of rotatable bonds is 8. The summed E-state index contributed by atoms with van der Waals surface area (Å²) in [6.45, 7) is 9.10. The molecule has 2 heteroatoms. The standard InChI is InChI=1S/C12H28N2/c1-5-6-11(4)9-12(14-13)8-7-10(2)3/h10-12,14H,5-9,13H2,1-4H3. The topological polar surface area (TPSA) is 38.0 Å². The number of hydrogen-bond acceptors (Lipinski definition) is 2. The highest BCUT2D eigenvalue weighted by molar-refractivity contribution is 4.68. The van der Waals surface area contributed by atoms with Gasteiger partial charge in [0.15, 0.2) is 0 Å². The quantitative estimate of drug-likeness (QED) is 0.467. The van der Waals surface area contributed by atoms with Gasteiger partial charge in [-0.2, -0.15) is 0 Å². The lowest BCUT2D eigenvalue weighted by Crippen LogP contribution is -2.36. The number of hydrogen-bond donors (Lipinski definition) is 2. The van der Waals surface area contributed by atoms with E-state index < -0.39 is 0 Å². The second kappa shape index (κ2) is 8.25. The molecule has 0 aromatic heterocycles. The normalized spacial score (nSPS) is 15.9. The molecule has 0 aliphatic heterocycles. The van der Waals surface area contributed by atoms with E-state index in [2.05, 4.69) is 33.1 Å². The zero-order valence-electron chi connectivity index (χ0n) is 10.3. The zero-order valence-corrected chi connectivity index (χ0v) is 10.3. The van der Waals surface area contributed by atoms with Crippen LogP contribution >= 0.6 is 0 Å². The van der Waals surface area contributed by atoms with Crippen molar-refractivity contribution in [1.82, 2.24) is 5.43 Å². The molecule has 0 bridgehead atoms. The van der Waals surface area contributed by atoms with Gasteiger partial charge in [-0.1, -0.05) is 40.5 Å². The molecule has 0 saturated heterocycles. The lowest BCUT2D eigenvalue weighted by molar-refractivity contribution is 0.351. The van der Waals surface area contributed by atoms with Crippen molar-refractivity contribution in [3.63, 3.8) is 0 Å². The molecular formula is C12H28N2. The third-order valence-corrected chi connectivity index (χ3v) is 2.80. The van der Waals surface area contributed by atoms with E-state index in [-0.39, 0.29) is 0 Å². The second-order valence-corrected chi connectivity index (χ2v) is 4.96. The molecule has 0 aromatic rings. The van der Waals surface area contributed by atoms with Gasteiger partial charge in [-0.25, -0.2) is 0 Å². The molecule has 14 heavy (non-hydrogen) atoms. The fourth-order valence-electron chi connectivity index (χ4n) is 1.90. The van der Waals surface area contributed by atoms with Crippen molar-refractivity contribution >= 4 is 0 Å². The van der Waals surface area contributed by atoms with Crippen LogP contribution in [0.1, 0.15) is 59.8 Å². The molecule has 0 fully saturated rings. The summed E-state index contributed by atoms with van der Waals surface area (Å²) < 4.78 is 0. The minimum absolute atomic E-state index is 0.513. The average Bonchev–Trinajstić information content (AvgIpc) is 2.12. The Labute approximate surface area is 89.6 Å². The molecule has 2 nitrogen and oxygen atoms in total. The van der Waals surface area contributed by atoms with Crippen molar-refractivity contribution in [2.45, 2.75) is 65.8 Å². The van der Waals surface area contributed by atoms with Crippen molar-refractivity contribution in [3.05, 3.63) is 0 Å². The molecule has 2 unspecified atom stereocenters. The van der Waals surface area contributed by atoms with Crippen LogP contribution in [-0.4, -0.2) is 6.04 Å². The first-order chi connectivity index (χ1) is 6.60. The highest BCUT2D eigenvalue weighted by atomic mass is 15.2. The van der Waals surface area contributed by atoms with Gasteiger partial charge in [-0.15, -0.1) is 0 Å². The number of hydrazine groups is 1. The largest absolute Gasteiger partial charge is 0.271 e. The van der Waals surface area contributed by atoms with E-state index in [4.69, 9.17) is 5.84 Å². The fourth-order valence-corrected chi connectivity index (χ4v) is 1.90. The van der Waals surface area contributed by atoms with Gasteiger partial charge in [0, 0.05) is 6.04 Å². The molecule has 0 amide bonds. The van der Waals surface area contributed by atoms with Crippen LogP contribution in [0.25, 0.3) is 0 Å². The van der Waals surface area contributed by atoms with Gasteiger partial charge >= 0.3 is 0 Å².